The van der Waals surface area contributed by atoms with E-state index < -0.39 is 0 Å². The molecule has 0 radical (unpaired) electrons. The first kappa shape index (κ1) is 21.0. The molecule has 2 aromatic carbocycles. The minimum Gasteiger partial charge on any atom is -0.496 e. The first-order valence-electron chi connectivity index (χ1n) is 9.44. The van der Waals surface area contributed by atoms with Crippen molar-refractivity contribution in [3.8, 4) is 27.7 Å². The molecular formula is C22H18ClN3O4S. The average Bonchev–Trinajstić information content (AvgIpc) is 3.46. The molecule has 0 saturated heterocycles. The van der Waals surface area contributed by atoms with Crippen LogP contribution >= 0.6 is 22.9 Å². The highest BCUT2D eigenvalue weighted by molar-refractivity contribution is 7.13. The number of carbonyl (C=O) groups excluding carboxylic acids is 1. The van der Waals surface area contributed by atoms with Gasteiger partial charge in [-0.05, 0) is 36.4 Å². The Balaban J connectivity index is 1.28. The van der Waals surface area contributed by atoms with Crippen LogP contribution in [0.1, 0.15) is 18.0 Å². The molecule has 0 spiro atoms. The fourth-order valence-corrected chi connectivity index (χ4v) is 3.79. The van der Waals surface area contributed by atoms with Crippen LogP contribution in [-0.4, -0.2) is 28.2 Å². The second-order valence-electron chi connectivity index (χ2n) is 6.52. The molecule has 0 unspecified atom stereocenters. The van der Waals surface area contributed by atoms with Crippen molar-refractivity contribution in [3.05, 3.63) is 70.5 Å². The van der Waals surface area contributed by atoms with Gasteiger partial charge < -0.3 is 14.0 Å². The Bertz CT molecular complexity index is 1170. The van der Waals surface area contributed by atoms with Gasteiger partial charge in [-0.15, -0.1) is 11.3 Å². The molecule has 2 heterocycles. The summed E-state index contributed by atoms with van der Waals surface area (Å²) in [6.45, 7) is 0.102. The molecule has 0 amide bonds. The Labute approximate surface area is 187 Å². The van der Waals surface area contributed by atoms with Crippen LogP contribution in [0, 0.1) is 0 Å². The number of rotatable bonds is 8. The van der Waals surface area contributed by atoms with E-state index in [1.54, 1.807) is 31.4 Å². The second kappa shape index (κ2) is 9.72. The number of hydrogen-bond acceptors (Lipinski definition) is 8. The van der Waals surface area contributed by atoms with Crippen molar-refractivity contribution in [2.24, 2.45) is 0 Å². The van der Waals surface area contributed by atoms with Crippen molar-refractivity contribution in [2.75, 3.05) is 7.11 Å². The SMILES string of the molecule is COc1ccccc1-c1nc(COC(=O)CCc2nc(-c3ccc(Cl)cc3)no2)cs1. The number of aromatic nitrogens is 3. The number of hydrogen-bond donors (Lipinski definition) is 0. The molecule has 9 heteroatoms. The van der Waals surface area contributed by atoms with Crippen molar-refractivity contribution in [1.29, 1.82) is 0 Å². The van der Waals surface area contributed by atoms with E-state index in [0.29, 0.717) is 28.9 Å². The lowest BCUT2D eigenvalue weighted by molar-refractivity contribution is -0.145. The zero-order valence-corrected chi connectivity index (χ0v) is 18.2. The Kier molecular flexibility index (Phi) is 6.59. The molecule has 7 nitrogen and oxygen atoms in total. The highest BCUT2D eigenvalue weighted by atomic mass is 35.5. The molecule has 4 aromatic rings. The van der Waals surface area contributed by atoms with Crippen LogP contribution in [-0.2, 0) is 22.6 Å². The van der Waals surface area contributed by atoms with Crippen molar-refractivity contribution in [2.45, 2.75) is 19.4 Å². The standard InChI is InChI=1S/C22H18ClN3O4S/c1-28-18-5-3-2-4-17(18)22-24-16(13-31-22)12-29-20(27)11-10-19-25-21(26-30-19)14-6-8-15(23)9-7-14/h2-9,13H,10-12H2,1H3. The minimum atomic E-state index is -0.363. The number of benzene rings is 2. The number of esters is 1. The van der Waals surface area contributed by atoms with Crippen molar-refractivity contribution < 1.29 is 18.8 Å². The molecule has 0 fully saturated rings. The smallest absolute Gasteiger partial charge is 0.306 e. The van der Waals surface area contributed by atoms with Gasteiger partial charge in [0.2, 0.25) is 11.7 Å². The first-order valence-corrected chi connectivity index (χ1v) is 10.7. The first-order chi connectivity index (χ1) is 15.1. The van der Waals surface area contributed by atoms with Gasteiger partial charge in [-0.2, -0.15) is 4.98 Å². The number of carbonyl (C=O) groups is 1. The van der Waals surface area contributed by atoms with Gasteiger partial charge in [-0.1, -0.05) is 28.9 Å². The fourth-order valence-electron chi connectivity index (χ4n) is 2.83. The highest BCUT2D eigenvalue weighted by Gasteiger charge is 2.13. The number of thiazole rings is 1. The van der Waals surface area contributed by atoms with Crippen molar-refractivity contribution in [1.82, 2.24) is 15.1 Å². The lowest BCUT2D eigenvalue weighted by atomic mass is 10.2. The summed E-state index contributed by atoms with van der Waals surface area (Å²) >= 11 is 7.36. The summed E-state index contributed by atoms with van der Waals surface area (Å²) in [7, 11) is 1.62. The van der Waals surface area contributed by atoms with E-state index in [-0.39, 0.29) is 19.0 Å². The van der Waals surface area contributed by atoms with Gasteiger partial charge in [0.15, 0.2) is 0 Å². The number of nitrogens with zero attached hydrogens (tertiary/aromatic N) is 3. The molecule has 0 aliphatic rings. The largest absolute Gasteiger partial charge is 0.496 e. The Hall–Kier alpha value is -3.23. The molecular weight excluding hydrogens is 438 g/mol. The number of halogens is 1. The summed E-state index contributed by atoms with van der Waals surface area (Å²) < 4.78 is 15.9. The predicted molar refractivity (Wildman–Crippen MR) is 117 cm³/mol. The van der Waals surface area contributed by atoms with Crippen LogP contribution in [0.2, 0.25) is 5.02 Å². The summed E-state index contributed by atoms with van der Waals surface area (Å²) in [5.41, 5.74) is 2.37. The second-order valence-corrected chi connectivity index (χ2v) is 7.82. The van der Waals surface area contributed by atoms with E-state index in [1.165, 1.54) is 11.3 Å². The summed E-state index contributed by atoms with van der Waals surface area (Å²) in [4.78, 5) is 20.9. The summed E-state index contributed by atoms with van der Waals surface area (Å²) in [6, 6.07) is 14.8. The third-order valence-electron chi connectivity index (χ3n) is 4.38. The van der Waals surface area contributed by atoms with Crippen molar-refractivity contribution >= 4 is 28.9 Å². The quantitative estimate of drug-likeness (QED) is 0.337. The number of methoxy groups -OCH3 is 1. The van der Waals surface area contributed by atoms with Gasteiger partial charge in [0.05, 0.1) is 24.8 Å². The lowest BCUT2D eigenvalue weighted by Gasteiger charge is -2.04. The molecule has 0 atom stereocenters. The summed E-state index contributed by atoms with van der Waals surface area (Å²) in [6.07, 6.45) is 0.425. The monoisotopic (exact) mass is 455 g/mol. The maximum Gasteiger partial charge on any atom is 0.306 e. The van der Waals surface area contributed by atoms with Crippen LogP contribution in [0.25, 0.3) is 22.0 Å². The van der Waals surface area contributed by atoms with Gasteiger partial charge in [0, 0.05) is 22.4 Å². The van der Waals surface area contributed by atoms with Crippen LogP contribution in [0.15, 0.2) is 58.4 Å². The van der Waals surface area contributed by atoms with E-state index in [0.717, 1.165) is 21.9 Å². The molecule has 2 aromatic heterocycles. The van der Waals surface area contributed by atoms with Crippen molar-refractivity contribution in [3.63, 3.8) is 0 Å². The van der Waals surface area contributed by atoms with Crippen LogP contribution in [0.4, 0.5) is 0 Å². The minimum absolute atomic E-state index is 0.102. The lowest BCUT2D eigenvalue weighted by Crippen LogP contribution is -2.06. The Morgan fingerprint density at radius 3 is 2.74 bits per heavy atom. The maximum atomic E-state index is 12.1. The van der Waals surface area contributed by atoms with Gasteiger partial charge in [0.25, 0.3) is 0 Å². The third kappa shape index (κ3) is 5.28. The predicted octanol–water partition coefficient (Wildman–Crippen LogP) is 5.20. The summed E-state index contributed by atoms with van der Waals surface area (Å²) in [5.74, 6) is 1.21. The Morgan fingerprint density at radius 1 is 1.13 bits per heavy atom. The van der Waals surface area contributed by atoms with E-state index in [1.807, 2.05) is 29.6 Å². The normalized spacial score (nSPS) is 10.8. The number of para-hydroxylation sites is 1. The molecule has 158 valence electrons. The Morgan fingerprint density at radius 2 is 1.94 bits per heavy atom. The molecule has 31 heavy (non-hydrogen) atoms. The zero-order chi connectivity index (χ0) is 21.6. The van der Waals surface area contributed by atoms with Gasteiger partial charge in [0.1, 0.15) is 17.4 Å². The van der Waals surface area contributed by atoms with E-state index in [4.69, 9.17) is 25.6 Å². The molecule has 0 bridgehead atoms. The van der Waals surface area contributed by atoms with E-state index >= 15 is 0 Å². The van der Waals surface area contributed by atoms with Crippen LogP contribution in [0.3, 0.4) is 0 Å². The summed E-state index contributed by atoms with van der Waals surface area (Å²) in [5, 5.41) is 7.24. The topological polar surface area (TPSA) is 87.3 Å². The van der Waals surface area contributed by atoms with Crippen LogP contribution < -0.4 is 4.74 Å². The molecule has 0 aliphatic heterocycles. The number of ether oxygens (including phenoxy) is 2. The number of aryl methyl sites for hydroxylation is 1. The van der Waals surface area contributed by atoms with Gasteiger partial charge in [-0.3, -0.25) is 4.79 Å². The van der Waals surface area contributed by atoms with E-state index in [9.17, 15) is 4.79 Å². The molecule has 0 aliphatic carbocycles. The highest BCUT2D eigenvalue weighted by Crippen LogP contribution is 2.32. The molecule has 0 saturated carbocycles. The van der Waals surface area contributed by atoms with Crippen LogP contribution in [0.5, 0.6) is 5.75 Å². The van der Waals surface area contributed by atoms with Gasteiger partial charge in [-0.25, -0.2) is 4.98 Å². The van der Waals surface area contributed by atoms with E-state index in [2.05, 4.69) is 15.1 Å². The molecule has 0 N–H and O–H groups in total. The van der Waals surface area contributed by atoms with Gasteiger partial charge >= 0.3 is 5.97 Å². The zero-order valence-electron chi connectivity index (χ0n) is 16.6. The maximum absolute atomic E-state index is 12.1. The average molecular weight is 456 g/mol. The molecule has 4 rings (SSSR count). The third-order valence-corrected chi connectivity index (χ3v) is 5.56. The fraction of sp³-hybridized carbons (Fsp3) is 0.182.